The molecule has 0 N–H and O–H groups in total. The van der Waals surface area contributed by atoms with Crippen LogP contribution in [0.2, 0.25) is 0 Å². The number of fused-ring (bicyclic) bond motifs is 1. The van der Waals surface area contributed by atoms with Crippen molar-refractivity contribution in [1.82, 2.24) is 19.9 Å². The lowest BCUT2D eigenvalue weighted by molar-refractivity contribution is -0.144. The van der Waals surface area contributed by atoms with Gasteiger partial charge in [0.25, 0.3) is 0 Å². The molecule has 2 amide bonds. The first-order chi connectivity index (χ1) is 22.4. The lowest BCUT2D eigenvalue weighted by atomic mass is 9.97. The Hall–Kier alpha value is -4.69. The Kier molecular flexibility index (Phi) is 9.64. The second-order valence-electron chi connectivity index (χ2n) is 12.5. The summed E-state index contributed by atoms with van der Waals surface area (Å²) < 4.78 is 5.33. The summed E-state index contributed by atoms with van der Waals surface area (Å²) in [6.45, 7) is 9.20. The van der Waals surface area contributed by atoms with Crippen molar-refractivity contribution in [2.75, 3.05) is 44.7 Å². The minimum absolute atomic E-state index is 0.0356. The van der Waals surface area contributed by atoms with Gasteiger partial charge in [0.05, 0.1) is 5.69 Å². The number of hydrogen-bond donors (Lipinski definition) is 0. The highest BCUT2D eigenvalue weighted by Gasteiger charge is 2.34. The number of benzene rings is 3. The van der Waals surface area contributed by atoms with E-state index in [1.165, 1.54) is 11.3 Å². The Bertz CT molecular complexity index is 1650. The molecule has 4 aromatic rings. The molecule has 0 bridgehead atoms. The molecule has 238 valence electrons. The predicted octanol–water partition coefficient (Wildman–Crippen LogP) is 5.28. The van der Waals surface area contributed by atoms with Crippen LogP contribution in [-0.4, -0.2) is 77.5 Å². The topological polar surface area (TPSA) is 73.1 Å². The van der Waals surface area contributed by atoms with Gasteiger partial charge in [-0.25, -0.2) is 0 Å². The zero-order valence-electron chi connectivity index (χ0n) is 27.1. The maximum atomic E-state index is 14.5. The highest BCUT2D eigenvalue weighted by atomic mass is 16.5. The van der Waals surface area contributed by atoms with Gasteiger partial charge in [-0.15, -0.1) is 0 Å². The summed E-state index contributed by atoms with van der Waals surface area (Å²) in [4.78, 5) is 37.2. The number of rotatable bonds is 9. The van der Waals surface area contributed by atoms with Gasteiger partial charge in [0.1, 0.15) is 11.8 Å². The number of piperazine rings is 1. The van der Waals surface area contributed by atoms with Crippen LogP contribution in [0.1, 0.15) is 39.3 Å². The number of carbonyl (C=O) groups is 2. The average Bonchev–Trinajstić information content (AvgIpc) is 3.41. The van der Waals surface area contributed by atoms with E-state index in [-0.39, 0.29) is 11.8 Å². The zero-order valence-corrected chi connectivity index (χ0v) is 27.1. The Morgan fingerprint density at radius 2 is 1.57 bits per heavy atom. The van der Waals surface area contributed by atoms with Crippen LogP contribution >= 0.6 is 0 Å². The third-order valence-electron chi connectivity index (χ3n) is 9.30. The van der Waals surface area contributed by atoms with Gasteiger partial charge in [0.2, 0.25) is 11.8 Å². The normalized spacial score (nSPS) is 16.0. The highest BCUT2D eigenvalue weighted by molar-refractivity contribution is 5.96. The summed E-state index contributed by atoms with van der Waals surface area (Å²) in [5.41, 5.74) is 7.11. The molecule has 8 nitrogen and oxygen atoms in total. The summed E-state index contributed by atoms with van der Waals surface area (Å²) in [7, 11) is 2.15. The van der Waals surface area contributed by atoms with E-state index in [0.717, 1.165) is 60.5 Å². The van der Waals surface area contributed by atoms with Crippen LogP contribution in [0, 0.1) is 13.8 Å². The van der Waals surface area contributed by atoms with Crippen molar-refractivity contribution in [2.45, 2.75) is 45.8 Å². The molecule has 0 saturated carbocycles. The van der Waals surface area contributed by atoms with Crippen molar-refractivity contribution in [1.29, 1.82) is 0 Å². The van der Waals surface area contributed by atoms with E-state index < -0.39 is 6.04 Å². The second-order valence-corrected chi connectivity index (χ2v) is 12.5. The monoisotopic (exact) mass is 617 g/mol. The fraction of sp³-hybridized carbons (Fsp3) is 0.342. The van der Waals surface area contributed by atoms with Gasteiger partial charge in [-0.3, -0.25) is 9.59 Å². The summed E-state index contributed by atoms with van der Waals surface area (Å²) in [6.07, 6.45) is 4.53. The molecule has 8 heteroatoms. The summed E-state index contributed by atoms with van der Waals surface area (Å²) in [5, 5.41) is 4.04. The van der Waals surface area contributed by atoms with Crippen molar-refractivity contribution in [3.63, 3.8) is 0 Å². The Balaban J connectivity index is 1.32. The third kappa shape index (κ3) is 7.23. The molecule has 1 unspecified atom stereocenters. The minimum Gasteiger partial charge on any atom is -0.369 e. The van der Waals surface area contributed by atoms with Gasteiger partial charge in [0.15, 0.2) is 0 Å². The third-order valence-corrected chi connectivity index (χ3v) is 9.30. The van der Waals surface area contributed by atoms with E-state index in [2.05, 4.69) is 64.5 Å². The molecular weight excluding hydrogens is 574 g/mol. The Morgan fingerprint density at radius 3 is 2.26 bits per heavy atom. The number of anilines is 1. The standard InChI is InChI=1S/C38H43N5O3/c1-28-35(29(2)46-39-28)17-18-37(44)43(26-31-13-15-34(16-14-31)41-23-21-40(3)22-24-41)36(25-30-9-5-4-6-10-30)38(45)42-20-19-32-11-7-8-12-33(32)27-42/h4-18,36H,19-27H2,1-3H3. The van der Waals surface area contributed by atoms with E-state index in [0.29, 0.717) is 31.8 Å². The molecule has 3 aromatic carbocycles. The molecule has 0 spiro atoms. The number of likely N-dealkylation sites (N-methyl/N-ethyl adjacent to an activating group) is 1. The average molecular weight is 618 g/mol. The number of amides is 2. The number of carbonyl (C=O) groups excluding carboxylic acids is 2. The lowest BCUT2D eigenvalue weighted by Gasteiger charge is -2.37. The zero-order chi connectivity index (χ0) is 32.0. The molecule has 0 aliphatic carbocycles. The molecule has 1 atom stereocenters. The van der Waals surface area contributed by atoms with Crippen LogP contribution in [0.4, 0.5) is 5.69 Å². The van der Waals surface area contributed by atoms with Gasteiger partial charge >= 0.3 is 0 Å². The molecule has 2 aliphatic heterocycles. The van der Waals surface area contributed by atoms with E-state index in [1.54, 1.807) is 17.1 Å². The van der Waals surface area contributed by atoms with Crippen LogP contribution < -0.4 is 4.90 Å². The first-order valence-corrected chi connectivity index (χ1v) is 16.2. The molecule has 2 aliphatic rings. The van der Waals surface area contributed by atoms with Crippen LogP contribution in [0.5, 0.6) is 0 Å². The maximum Gasteiger partial charge on any atom is 0.247 e. The first kappa shape index (κ1) is 31.3. The fourth-order valence-corrected chi connectivity index (χ4v) is 6.46. The molecule has 6 rings (SSSR count). The highest BCUT2D eigenvalue weighted by Crippen LogP contribution is 2.25. The van der Waals surface area contributed by atoms with Crippen molar-refractivity contribution >= 4 is 23.6 Å². The predicted molar refractivity (Wildman–Crippen MR) is 181 cm³/mol. The fourth-order valence-electron chi connectivity index (χ4n) is 6.46. The van der Waals surface area contributed by atoms with Crippen molar-refractivity contribution in [2.24, 2.45) is 0 Å². The Morgan fingerprint density at radius 1 is 0.870 bits per heavy atom. The number of hydrogen-bond acceptors (Lipinski definition) is 6. The van der Waals surface area contributed by atoms with Crippen LogP contribution in [0.25, 0.3) is 6.08 Å². The van der Waals surface area contributed by atoms with Crippen molar-refractivity contribution < 1.29 is 14.1 Å². The summed E-state index contributed by atoms with van der Waals surface area (Å²) in [5.74, 6) is 0.387. The second kappa shape index (κ2) is 14.2. The van der Waals surface area contributed by atoms with E-state index >= 15 is 0 Å². The molecule has 1 aromatic heterocycles. The van der Waals surface area contributed by atoms with Crippen LogP contribution in [-0.2, 0) is 35.5 Å². The molecule has 1 fully saturated rings. The minimum atomic E-state index is -0.688. The SMILES string of the molecule is Cc1noc(C)c1C=CC(=O)N(Cc1ccc(N2CCN(C)CC2)cc1)C(Cc1ccccc1)C(=O)N1CCc2ccccc2C1. The molecule has 0 radical (unpaired) electrons. The van der Waals surface area contributed by atoms with Crippen molar-refractivity contribution in [3.8, 4) is 0 Å². The lowest BCUT2D eigenvalue weighted by Crippen LogP contribution is -2.52. The van der Waals surface area contributed by atoms with Crippen molar-refractivity contribution in [3.05, 3.63) is 124 Å². The van der Waals surface area contributed by atoms with Crippen LogP contribution in [0.3, 0.4) is 0 Å². The van der Waals surface area contributed by atoms with Gasteiger partial charge in [-0.2, -0.15) is 0 Å². The van der Waals surface area contributed by atoms with Gasteiger partial charge < -0.3 is 24.1 Å². The van der Waals surface area contributed by atoms with Gasteiger partial charge in [-0.1, -0.05) is 71.9 Å². The summed E-state index contributed by atoms with van der Waals surface area (Å²) >= 11 is 0. The molecule has 1 saturated heterocycles. The summed E-state index contributed by atoms with van der Waals surface area (Å²) in [6, 6.07) is 26.1. The number of aryl methyl sites for hydroxylation is 2. The first-order valence-electron chi connectivity index (χ1n) is 16.2. The van der Waals surface area contributed by atoms with E-state index in [4.69, 9.17) is 4.52 Å². The van der Waals surface area contributed by atoms with Gasteiger partial charge in [-0.05, 0) is 67.8 Å². The smallest absolute Gasteiger partial charge is 0.247 e. The quantitative estimate of drug-likeness (QED) is 0.238. The number of nitrogens with zero attached hydrogens (tertiary/aromatic N) is 5. The molecule has 3 heterocycles. The maximum absolute atomic E-state index is 14.5. The van der Waals surface area contributed by atoms with Gasteiger partial charge in [0, 0.05) is 69.6 Å². The molecular formula is C38H43N5O3. The Labute approximate surface area is 271 Å². The number of aromatic nitrogens is 1. The van der Waals surface area contributed by atoms with E-state index in [1.807, 2.05) is 55.1 Å². The van der Waals surface area contributed by atoms with E-state index in [9.17, 15) is 9.59 Å². The molecule has 46 heavy (non-hydrogen) atoms. The van der Waals surface area contributed by atoms with Crippen LogP contribution in [0.15, 0.2) is 89.5 Å². The largest absolute Gasteiger partial charge is 0.369 e.